The molecule has 1 saturated carbocycles. The van der Waals surface area contributed by atoms with Crippen molar-refractivity contribution in [3.63, 3.8) is 0 Å². The van der Waals surface area contributed by atoms with Crippen LogP contribution in [-0.2, 0) is 7.05 Å². The number of rotatable bonds is 7. The van der Waals surface area contributed by atoms with Gasteiger partial charge in [0.1, 0.15) is 6.33 Å². The van der Waals surface area contributed by atoms with Crippen LogP contribution >= 0.6 is 11.8 Å². The number of hydrogen-bond donors (Lipinski definition) is 2. The Balaban J connectivity index is 1.55. The summed E-state index contributed by atoms with van der Waals surface area (Å²) in [5, 5.41) is 25.4. The van der Waals surface area contributed by atoms with E-state index >= 15 is 0 Å². The highest BCUT2D eigenvalue weighted by Gasteiger charge is 2.24. The van der Waals surface area contributed by atoms with Crippen LogP contribution in [-0.4, -0.2) is 37.5 Å². The van der Waals surface area contributed by atoms with Gasteiger partial charge in [0.2, 0.25) is 0 Å². The predicted molar refractivity (Wildman–Crippen MR) is 118 cm³/mol. The molecule has 1 heterocycles. The molecule has 0 radical (unpaired) electrons. The highest BCUT2D eigenvalue weighted by atomic mass is 32.2. The zero-order chi connectivity index (χ0) is 22.8. The van der Waals surface area contributed by atoms with Gasteiger partial charge in [0.15, 0.2) is 5.16 Å². The van der Waals surface area contributed by atoms with Gasteiger partial charge in [0.05, 0.1) is 9.82 Å². The molecule has 2 N–H and O–H groups in total. The van der Waals surface area contributed by atoms with Gasteiger partial charge in [0, 0.05) is 36.0 Å². The molecule has 3 aromatic rings. The molecular formula is C21H20N6O4S. The van der Waals surface area contributed by atoms with Gasteiger partial charge in [-0.1, -0.05) is 6.07 Å². The highest BCUT2D eigenvalue weighted by Crippen LogP contribution is 2.34. The van der Waals surface area contributed by atoms with E-state index in [0.29, 0.717) is 21.3 Å². The molecule has 0 spiro atoms. The van der Waals surface area contributed by atoms with Crippen LogP contribution in [0.3, 0.4) is 0 Å². The molecule has 2 aromatic carbocycles. The van der Waals surface area contributed by atoms with Crippen LogP contribution in [0, 0.1) is 17.0 Å². The predicted octanol–water partition coefficient (Wildman–Crippen LogP) is 3.33. The van der Waals surface area contributed by atoms with E-state index in [9.17, 15) is 19.7 Å². The van der Waals surface area contributed by atoms with Gasteiger partial charge < -0.3 is 15.2 Å². The lowest BCUT2D eigenvalue weighted by atomic mass is 10.1. The van der Waals surface area contributed by atoms with Gasteiger partial charge >= 0.3 is 0 Å². The fourth-order valence-corrected chi connectivity index (χ4v) is 3.79. The second-order valence-electron chi connectivity index (χ2n) is 7.50. The Morgan fingerprint density at radius 1 is 1.16 bits per heavy atom. The average Bonchev–Trinajstić information content (AvgIpc) is 3.49. The van der Waals surface area contributed by atoms with Gasteiger partial charge in [-0.05, 0) is 61.4 Å². The Kier molecular flexibility index (Phi) is 5.91. The smallest absolute Gasteiger partial charge is 0.284 e. The zero-order valence-corrected chi connectivity index (χ0v) is 18.2. The number of benzene rings is 2. The standard InChI is InChI=1S/C21H20N6O4S/c1-12-3-4-13(19(28)23-15-6-7-15)9-16(12)24-20(29)14-5-8-18(17(10-14)27(30)31)32-21-25-22-11-26(21)2/h3-5,8-11,15H,6-7H2,1-2H3,(H,23,28)(H,24,29). The van der Waals surface area contributed by atoms with Crippen molar-refractivity contribution in [3.05, 3.63) is 69.5 Å². The van der Waals surface area contributed by atoms with Crippen LogP contribution in [0.2, 0.25) is 0 Å². The number of anilines is 1. The number of nitro groups is 1. The summed E-state index contributed by atoms with van der Waals surface area (Å²) in [6.07, 6.45) is 3.45. The van der Waals surface area contributed by atoms with E-state index in [1.54, 1.807) is 36.7 Å². The highest BCUT2D eigenvalue weighted by molar-refractivity contribution is 7.99. The van der Waals surface area contributed by atoms with E-state index in [1.165, 1.54) is 24.5 Å². The number of carbonyl (C=O) groups is 2. The normalized spacial score (nSPS) is 12.9. The van der Waals surface area contributed by atoms with E-state index < -0.39 is 10.8 Å². The number of aryl methyl sites for hydroxylation is 2. The number of nitro benzene ring substituents is 1. The van der Waals surface area contributed by atoms with Crippen molar-refractivity contribution >= 4 is 35.0 Å². The van der Waals surface area contributed by atoms with Crippen LogP contribution < -0.4 is 10.6 Å². The van der Waals surface area contributed by atoms with Crippen molar-refractivity contribution in [1.82, 2.24) is 20.1 Å². The molecule has 2 amide bonds. The van der Waals surface area contributed by atoms with Gasteiger partial charge in [-0.15, -0.1) is 10.2 Å². The molecule has 1 aliphatic carbocycles. The molecule has 11 heteroatoms. The molecule has 164 valence electrons. The monoisotopic (exact) mass is 452 g/mol. The topological polar surface area (TPSA) is 132 Å². The molecule has 1 aliphatic rings. The summed E-state index contributed by atoms with van der Waals surface area (Å²) in [7, 11) is 1.73. The Hall–Kier alpha value is -3.73. The largest absolute Gasteiger partial charge is 0.349 e. The quantitative estimate of drug-likeness (QED) is 0.415. The molecule has 0 saturated heterocycles. The minimum Gasteiger partial charge on any atom is -0.349 e. The maximum absolute atomic E-state index is 12.8. The third-order valence-corrected chi connectivity index (χ3v) is 6.07. The minimum absolute atomic E-state index is 0.131. The minimum atomic E-state index is -0.538. The van der Waals surface area contributed by atoms with Gasteiger partial charge in [-0.25, -0.2) is 0 Å². The number of hydrogen-bond acceptors (Lipinski definition) is 7. The molecule has 32 heavy (non-hydrogen) atoms. The number of aromatic nitrogens is 3. The Morgan fingerprint density at radius 2 is 1.88 bits per heavy atom. The summed E-state index contributed by atoms with van der Waals surface area (Å²) >= 11 is 1.09. The SMILES string of the molecule is Cc1ccc(C(=O)NC2CC2)cc1NC(=O)c1ccc(Sc2nncn2C)c([N+](=O)[O-])c1. The molecular weight excluding hydrogens is 432 g/mol. The van der Waals surface area contributed by atoms with Crippen LogP contribution in [0.25, 0.3) is 0 Å². The number of nitrogens with one attached hydrogen (secondary N) is 2. The Morgan fingerprint density at radius 3 is 2.53 bits per heavy atom. The molecule has 0 bridgehead atoms. The Labute approximate surface area is 187 Å². The van der Waals surface area contributed by atoms with E-state index in [1.807, 2.05) is 0 Å². The van der Waals surface area contributed by atoms with Crippen LogP contribution in [0.5, 0.6) is 0 Å². The Bertz CT molecular complexity index is 1220. The van der Waals surface area contributed by atoms with E-state index in [0.717, 1.165) is 30.2 Å². The summed E-state index contributed by atoms with van der Waals surface area (Å²) in [5.41, 5.74) is 1.61. The first kappa shape index (κ1) is 21.5. The number of carbonyl (C=O) groups excluding carboxylic acids is 2. The van der Waals surface area contributed by atoms with Crippen LogP contribution in [0.15, 0.2) is 52.8 Å². The van der Waals surface area contributed by atoms with Crippen molar-refractivity contribution in [2.24, 2.45) is 7.05 Å². The van der Waals surface area contributed by atoms with E-state index in [-0.39, 0.29) is 23.2 Å². The van der Waals surface area contributed by atoms with Crippen molar-refractivity contribution in [1.29, 1.82) is 0 Å². The van der Waals surface area contributed by atoms with E-state index in [2.05, 4.69) is 20.8 Å². The second kappa shape index (κ2) is 8.79. The van der Waals surface area contributed by atoms with Crippen molar-refractivity contribution in [2.75, 3.05) is 5.32 Å². The molecule has 10 nitrogen and oxygen atoms in total. The fraction of sp³-hybridized carbons (Fsp3) is 0.238. The lowest BCUT2D eigenvalue weighted by molar-refractivity contribution is -0.387. The zero-order valence-electron chi connectivity index (χ0n) is 17.4. The average molecular weight is 452 g/mol. The summed E-state index contributed by atoms with van der Waals surface area (Å²) in [6, 6.07) is 9.54. The molecule has 1 aromatic heterocycles. The first-order valence-corrected chi connectivity index (χ1v) is 10.7. The first-order valence-electron chi connectivity index (χ1n) is 9.85. The summed E-state index contributed by atoms with van der Waals surface area (Å²) in [6.45, 7) is 1.81. The molecule has 4 rings (SSSR count). The van der Waals surface area contributed by atoms with Gasteiger partial charge in [-0.3, -0.25) is 19.7 Å². The molecule has 0 unspecified atom stereocenters. The van der Waals surface area contributed by atoms with Crippen molar-refractivity contribution < 1.29 is 14.5 Å². The molecule has 0 atom stereocenters. The summed E-state index contributed by atoms with van der Waals surface area (Å²) in [4.78, 5) is 36.6. The molecule has 0 aliphatic heterocycles. The van der Waals surface area contributed by atoms with Gasteiger partial charge in [0.25, 0.3) is 17.5 Å². The fourth-order valence-electron chi connectivity index (χ4n) is 2.94. The van der Waals surface area contributed by atoms with Crippen LogP contribution in [0.1, 0.15) is 39.1 Å². The molecule has 1 fully saturated rings. The maximum Gasteiger partial charge on any atom is 0.284 e. The second-order valence-corrected chi connectivity index (χ2v) is 8.51. The summed E-state index contributed by atoms with van der Waals surface area (Å²) in [5.74, 6) is -0.699. The first-order chi connectivity index (χ1) is 15.3. The van der Waals surface area contributed by atoms with E-state index in [4.69, 9.17) is 0 Å². The third-order valence-electron chi connectivity index (χ3n) is 4.95. The number of amides is 2. The lowest BCUT2D eigenvalue weighted by Gasteiger charge is -2.11. The third kappa shape index (κ3) is 4.78. The maximum atomic E-state index is 12.8. The van der Waals surface area contributed by atoms with Crippen LogP contribution in [0.4, 0.5) is 11.4 Å². The van der Waals surface area contributed by atoms with Crippen molar-refractivity contribution in [2.45, 2.75) is 35.9 Å². The lowest BCUT2D eigenvalue weighted by Crippen LogP contribution is -2.25. The number of nitrogens with zero attached hydrogens (tertiary/aromatic N) is 4. The summed E-state index contributed by atoms with van der Waals surface area (Å²) < 4.78 is 1.64. The van der Waals surface area contributed by atoms with Crippen molar-refractivity contribution in [3.8, 4) is 0 Å². The van der Waals surface area contributed by atoms with Gasteiger partial charge in [-0.2, -0.15) is 0 Å².